The smallest absolute Gasteiger partial charge is 0.161 e. The van der Waals surface area contributed by atoms with Crippen molar-refractivity contribution in [2.24, 2.45) is 17.3 Å². The first kappa shape index (κ1) is 16.3. The summed E-state index contributed by atoms with van der Waals surface area (Å²) < 4.78 is 5.66. The van der Waals surface area contributed by atoms with E-state index >= 15 is 0 Å². The normalized spacial score (nSPS) is 38.0. The zero-order valence-electron chi connectivity index (χ0n) is 14.9. The van der Waals surface area contributed by atoms with E-state index in [1.54, 1.807) is 0 Å². The Morgan fingerprint density at radius 3 is 2.83 bits per heavy atom. The molecule has 0 spiro atoms. The molecular weight excluding hydrogens is 300 g/mol. The molecule has 0 bridgehead atoms. The van der Waals surface area contributed by atoms with Crippen LogP contribution in [0.25, 0.3) is 0 Å². The molecule has 3 aliphatic rings. The van der Waals surface area contributed by atoms with Gasteiger partial charge in [-0.05, 0) is 98.3 Å². The van der Waals surface area contributed by atoms with Crippen molar-refractivity contribution in [1.82, 2.24) is 0 Å². The van der Waals surface area contributed by atoms with Crippen LogP contribution in [0, 0.1) is 17.3 Å². The van der Waals surface area contributed by atoms with E-state index in [0.717, 1.165) is 25.7 Å². The van der Waals surface area contributed by atoms with Crippen LogP contribution >= 0.6 is 0 Å². The van der Waals surface area contributed by atoms with Crippen LogP contribution in [-0.4, -0.2) is 22.9 Å². The predicted octanol–water partition coefficient (Wildman–Crippen LogP) is 4.40. The fourth-order valence-electron chi connectivity index (χ4n) is 6.04. The molecule has 1 aromatic carbocycles. The van der Waals surface area contributed by atoms with Gasteiger partial charge in [0.05, 0.1) is 12.7 Å². The SMILES string of the molecule is CCOc1cc2c(cc1O)CCC[C@@H]1[C@@H]2CC[C@]2(C)[C@@H](O)CC[C@@H]12. The average molecular weight is 330 g/mol. The minimum atomic E-state index is -0.120. The summed E-state index contributed by atoms with van der Waals surface area (Å²) in [6.07, 6.45) is 7.77. The molecule has 24 heavy (non-hydrogen) atoms. The Labute approximate surface area is 145 Å². The molecule has 2 saturated carbocycles. The molecule has 4 rings (SSSR count). The van der Waals surface area contributed by atoms with E-state index in [4.69, 9.17) is 4.74 Å². The third kappa shape index (κ3) is 2.35. The lowest BCUT2D eigenvalue weighted by molar-refractivity contribution is -0.0201. The maximum Gasteiger partial charge on any atom is 0.161 e. The van der Waals surface area contributed by atoms with Crippen molar-refractivity contribution >= 4 is 0 Å². The monoisotopic (exact) mass is 330 g/mol. The second kappa shape index (κ2) is 5.94. The first-order valence-electron chi connectivity index (χ1n) is 9.71. The summed E-state index contributed by atoms with van der Waals surface area (Å²) in [7, 11) is 0. The van der Waals surface area contributed by atoms with Crippen molar-refractivity contribution in [3.05, 3.63) is 23.3 Å². The molecule has 0 saturated heterocycles. The molecule has 0 aromatic heterocycles. The van der Waals surface area contributed by atoms with Gasteiger partial charge in [-0.3, -0.25) is 0 Å². The van der Waals surface area contributed by atoms with Gasteiger partial charge >= 0.3 is 0 Å². The Morgan fingerprint density at radius 2 is 2.04 bits per heavy atom. The summed E-state index contributed by atoms with van der Waals surface area (Å²) in [6.45, 7) is 4.85. The highest BCUT2D eigenvalue weighted by Gasteiger charge is 2.53. The van der Waals surface area contributed by atoms with Gasteiger partial charge in [0.1, 0.15) is 0 Å². The van der Waals surface area contributed by atoms with Crippen molar-refractivity contribution in [3.63, 3.8) is 0 Å². The van der Waals surface area contributed by atoms with E-state index in [-0.39, 0.29) is 17.3 Å². The van der Waals surface area contributed by atoms with Crippen molar-refractivity contribution < 1.29 is 14.9 Å². The van der Waals surface area contributed by atoms with Crippen LogP contribution in [0.3, 0.4) is 0 Å². The third-order valence-electron chi connectivity index (χ3n) is 7.29. The zero-order chi connectivity index (χ0) is 16.9. The fourth-order valence-corrected chi connectivity index (χ4v) is 6.04. The Balaban J connectivity index is 1.73. The number of aryl methyl sites for hydroxylation is 1. The minimum absolute atomic E-state index is 0.116. The van der Waals surface area contributed by atoms with Crippen LogP contribution in [0.4, 0.5) is 0 Å². The van der Waals surface area contributed by atoms with Crippen LogP contribution in [0.1, 0.15) is 69.4 Å². The van der Waals surface area contributed by atoms with Crippen molar-refractivity contribution in [3.8, 4) is 11.5 Å². The van der Waals surface area contributed by atoms with Crippen LogP contribution in [0.5, 0.6) is 11.5 Å². The Hall–Kier alpha value is -1.22. The van der Waals surface area contributed by atoms with Gasteiger partial charge in [-0.15, -0.1) is 0 Å². The lowest BCUT2D eigenvalue weighted by Gasteiger charge is -2.47. The number of fused-ring (bicyclic) bond motifs is 5. The molecule has 0 radical (unpaired) electrons. The molecule has 2 N–H and O–H groups in total. The van der Waals surface area contributed by atoms with Gasteiger partial charge < -0.3 is 14.9 Å². The molecule has 0 aliphatic heterocycles. The Morgan fingerprint density at radius 1 is 1.21 bits per heavy atom. The molecule has 5 atom stereocenters. The summed E-state index contributed by atoms with van der Waals surface area (Å²) in [4.78, 5) is 0. The molecule has 132 valence electrons. The molecular formula is C21H30O3. The number of hydrogen-bond acceptors (Lipinski definition) is 3. The topological polar surface area (TPSA) is 49.7 Å². The van der Waals surface area contributed by atoms with Crippen molar-refractivity contribution in [2.75, 3.05) is 6.61 Å². The van der Waals surface area contributed by atoms with Crippen molar-refractivity contribution in [2.45, 2.75) is 70.8 Å². The molecule has 3 aliphatic carbocycles. The summed E-state index contributed by atoms with van der Waals surface area (Å²) in [5.41, 5.74) is 2.83. The van der Waals surface area contributed by atoms with E-state index in [9.17, 15) is 10.2 Å². The Kier molecular flexibility index (Phi) is 4.03. The minimum Gasteiger partial charge on any atom is -0.504 e. The van der Waals surface area contributed by atoms with Crippen LogP contribution in [0.2, 0.25) is 0 Å². The Bertz CT molecular complexity index is 626. The van der Waals surface area contributed by atoms with Gasteiger partial charge in [0.2, 0.25) is 0 Å². The number of benzene rings is 1. The highest BCUT2D eigenvalue weighted by atomic mass is 16.5. The quantitative estimate of drug-likeness (QED) is 0.845. The van der Waals surface area contributed by atoms with Crippen LogP contribution < -0.4 is 4.74 Å². The van der Waals surface area contributed by atoms with Crippen LogP contribution in [-0.2, 0) is 6.42 Å². The molecule has 0 heterocycles. The van der Waals surface area contributed by atoms with Gasteiger partial charge in [0.25, 0.3) is 0 Å². The summed E-state index contributed by atoms with van der Waals surface area (Å²) >= 11 is 0. The maximum absolute atomic E-state index is 10.5. The van der Waals surface area contributed by atoms with Gasteiger partial charge in [0, 0.05) is 0 Å². The number of aliphatic hydroxyl groups excluding tert-OH is 1. The van der Waals surface area contributed by atoms with E-state index in [1.807, 2.05) is 13.0 Å². The number of aromatic hydroxyl groups is 1. The number of rotatable bonds is 2. The second-order valence-electron chi connectivity index (χ2n) is 8.36. The number of hydrogen-bond donors (Lipinski definition) is 2. The van der Waals surface area contributed by atoms with E-state index in [1.165, 1.54) is 30.4 Å². The fraction of sp³-hybridized carbons (Fsp3) is 0.714. The highest BCUT2D eigenvalue weighted by Crippen LogP contribution is 2.60. The first-order valence-corrected chi connectivity index (χ1v) is 9.71. The van der Waals surface area contributed by atoms with E-state index in [2.05, 4.69) is 13.0 Å². The number of aliphatic hydroxyl groups is 1. The highest BCUT2D eigenvalue weighted by molar-refractivity contribution is 5.49. The molecule has 3 nitrogen and oxygen atoms in total. The van der Waals surface area contributed by atoms with Gasteiger partial charge in [-0.1, -0.05) is 6.92 Å². The average Bonchev–Trinajstić information content (AvgIpc) is 2.75. The van der Waals surface area contributed by atoms with Gasteiger partial charge in [0.15, 0.2) is 11.5 Å². The summed E-state index contributed by atoms with van der Waals surface area (Å²) in [6, 6.07) is 4.06. The second-order valence-corrected chi connectivity index (χ2v) is 8.36. The number of ether oxygens (including phenoxy) is 1. The lowest BCUT2D eigenvalue weighted by atomic mass is 9.58. The molecule has 0 unspecified atom stereocenters. The largest absolute Gasteiger partial charge is 0.504 e. The number of phenolic OH excluding ortho intramolecular Hbond substituents is 1. The zero-order valence-corrected chi connectivity index (χ0v) is 14.9. The van der Waals surface area contributed by atoms with E-state index < -0.39 is 0 Å². The van der Waals surface area contributed by atoms with Gasteiger partial charge in [-0.2, -0.15) is 0 Å². The van der Waals surface area contributed by atoms with E-state index in [0.29, 0.717) is 30.1 Å². The number of phenols is 1. The molecule has 2 fully saturated rings. The van der Waals surface area contributed by atoms with Crippen LogP contribution in [0.15, 0.2) is 12.1 Å². The summed E-state index contributed by atoms with van der Waals surface area (Å²) in [5, 5.41) is 20.8. The maximum atomic E-state index is 10.5. The molecule has 1 aromatic rings. The molecule has 3 heteroatoms. The first-order chi connectivity index (χ1) is 11.5. The summed E-state index contributed by atoms with van der Waals surface area (Å²) in [5.74, 6) is 2.79. The van der Waals surface area contributed by atoms with Gasteiger partial charge in [-0.25, -0.2) is 0 Å². The molecule has 0 amide bonds. The van der Waals surface area contributed by atoms with Crippen molar-refractivity contribution in [1.29, 1.82) is 0 Å². The lowest BCUT2D eigenvalue weighted by Crippen LogP contribution is -2.42. The predicted molar refractivity (Wildman–Crippen MR) is 94.5 cm³/mol. The standard InChI is InChI=1S/C21H30O3/c1-3-24-19-12-16-13(11-18(19)22)5-4-6-15-14(16)9-10-21(2)17(15)7-8-20(21)23/h11-12,14-15,17,20,22-23H,3-10H2,1-2H3/t14-,15+,17-,20-,21-/m0/s1. The third-order valence-corrected chi connectivity index (χ3v) is 7.29.